The third-order valence-corrected chi connectivity index (χ3v) is 8.44. The first kappa shape index (κ1) is 25.9. The summed E-state index contributed by atoms with van der Waals surface area (Å²) in [5.74, 6) is 0.479. The molecule has 7 nitrogen and oxygen atoms in total. The fraction of sp³-hybridized carbons (Fsp3) is 0.333. The zero-order chi connectivity index (χ0) is 26.1. The van der Waals surface area contributed by atoms with E-state index in [0.717, 1.165) is 54.1 Å². The van der Waals surface area contributed by atoms with E-state index in [4.69, 9.17) is 38.4 Å². The Kier molecular flexibility index (Phi) is 7.62. The minimum atomic E-state index is -0.562. The summed E-state index contributed by atoms with van der Waals surface area (Å²) in [5, 5.41) is 1.87. The van der Waals surface area contributed by atoms with Crippen molar-refractivity contribution in [2.45, 2.75) is 38.9 Å². The van der Waals surface area contributed by atoms with E-state index in [0.29, 0.717) is 26.4 Å². The number of nitrogens with zero attached hydrogens (tertiary/aromatic N) is 3. The predicted octanol–water partition coefficient (Wildman–Crippen LogP) is 6.50. The Morgan fingerprint density at radius 3 is 2.70 bits per heavy atom. The van der Waals surface area contributed by atoms with Gasteiger partial charge in [-0.05, 0) is 50.6 Å². The lowest BCUT2D eigenvalue weighted by atomic mass is 10.1. The summed E-state index contributed by atoms with van der Waals surface area (Å²) in [6.07, 6.45) is 3.31. The molecule has 1 amide bonds. The molecule has 1 saturated heterocycles. The molecule has 194 valence electrons. The van der Waals surface area contributed by atoms with Crippen LogP contribution in [0.3, 0.4) is 0 Å². The van der Waals surface area contributed by atoms with Crippen molar-refractivity contribution < 1.29 is 14.3 Å². The third kappa shape index (κ3) is 5.43. The van der Waals surface area contributed by atoms with Gasteiger partial charge in [-0.3, -0.25) is 9.36 Å². The average molecular weight is 560 g/mol. The first-order valence-corrected chi connectivity index (χ1v) is 13.8. The van der Waals surface area contributed by atoms with Crippen LogP contribution < -0.4 is 15.2 Å². The summed E-state index contributed by atoms with van der Waals surface area (Å²) in [6.45, 7) is 7.17. The topological polar surface area (TPSA) is 82.6 Å². The van der Waals surface area contributed by atoms with Gasteiger partial charge in [0.25, 0.3) is 5.91 Å². The average Bonchev–Trinajstić information content (AvgIpc) is 3.49. The number of carbonyl (C=O) groups is 1. The summed E-state index contributed by atoms with van der Waals surface area (Å²) >= 11 is 14.1. The van der Waals surface area contributed by atoms with Gasteiger partial charge in [-0.1, -0.05) is 42.3 Å². The Balaban J connectivity index is 1.38. The maximum absolute atomic E-state index is 12.3. The Labute approximate surface area is 229 Å². The minimum absolute atomic E-state index is 0.132. The van der Waals surface area contributed by atoms with Crippen molar-refractivity contribution in [2.75, 3.05) is 19.6 Å². The molecule has 37 heavy (non-hydrogen) atoms. The van der Waals surface area contributed by atoms with Crippen LogP contribution in [-0.4, -0.2) is 46.1 Å². The van der Waals surface area contributed by atoms with Gasteiger partial charge in [-0.15, -0.1) is 11.3 Å². The molecule has 0 aliphatic carbocycles. The summed E-state index contributed by atoms with van der Waals surface area (Å²) in [6, 6.07) is 13.0. The third-order valence-electron chi connectivity index (χ3n) is 6.67. The van der Waals surface area contributed by atoms with E-state index in [-0.39, 0.29) is 6.10 Å². The maximum atomic E-state index is 12.3. The summed E-state index contributed by atoms with van der Waals surface area (Å²) in [5.41, 5.74) is 8.09. The van der Waals surface area contributed by atoms with Crippen molar-refractivity contribution in [1.29, 1.82) is 0 Å². The predicted molar refractivity (Wildman–Crippen MR) is 149 cm³/mol. The number of imidazole rings is 1. The fourth-order valence-corrected chi connectivity index (χ4v) is 6.03. The highest BCUT2D eigenvalue weighted by atomic mass is 35.5. The van der Waals surface area contributed by atoms with Crippen LogP contribution in [-0.2, 0) is 0 Å². The molecule has 2 N–H and O–H groups in total. The summed E-state index contributed by atoms with van der Waals surface area (Å²) in [7, 11) is 0. The molecule has 0 radical (unpaired) electrons. The van der Waals surface area contributed by atoms with Crippen molar-refractivity contribution in [3.63, 3.8) is 0 Å². The normalized spacial score (nSPS) is 15.7. The molecule has 1 fully saturated rings. The van der Waals surface area contributed by atoms with Gasteiger partial charge in [0.2, 0.25) is 0 Å². The second-order valence-electron chi connectivity index (χ2n) is 9.06. The Morgan fingerprint density at radius 2 is 1.97 bits per heavy atom. The number of carbonyl (C=O) groups excluding carboxylic acids is 1. The molecule has 3 heterocycles. The van der Waals surface area contributed by atoms with Crippen LogP contribution in [0.5, 0.6) is 11.5 Å². The molecular weight excluding hydrogens is 531 g/mol. The number of piperidine rings is 1. The summed E-state index contributed by atoms with van der Waals surface area (Å²) in [4.78, 5) is 19.4. The van der Waals surface area contributed by atoms with Crippen LogP contribution in [0.25, 0.3) is 16.0 Å². The number of benzene rings is 2. The largest absolute Gasteiger partial charge is 0.489 e. The van der Waals surface area contributed by atoms with Crippen molar-refractivity contribution >= 4 is 51.5 Å². The highest BCUT2D eigenvalue weighted by molar-refractivity contribution is 7.16. The van der Waals surface area contributed by atoms with Gasteiger partial charge in [0.15, 0.2) is 0 Å². The lowest BCUT2D eigenvalue weighted by molar-refractivity contribution is 0.0997. The van der Waals surface area contributed by atoms with Crippen LogP contribution in [0, 0.1) is 0 Å². The molecule has 10 heteroatoms. The lowest BCUT2D eigenvalue weighted by Gasteiger charge is -2.31. The molecule has 1 unspecified atom stereocenters. The quantitative estimate of drug-likeness (QED) is 0.267. The zero-order valence-electron chi connectivity index (χ0n) is 20.6. The number of ether oxygens (including phenoxy) is 2. The number of hydrogen-bond acceptors (Lipinski definition) is 6. The van der Waals surface area contributed by atoms with Crippen LogP contribution in [0.4, 0.5) is 0 Å². The lowest BCUT2D eigenvalue weighted by Crippen LogP contribution is -2.38. The highest BCUT2D eigenvalue weighted by Crippen LogP contribution is 2.39. The molecule has 0 saturated carbocycles. The number of nitrogens with two attached hydrogens (primary N) is 1. The molecule has 2 aromatic carbocycles. The molecular formula is C27H28Cl2N4O3S. The number of likely N-dealkylation sites (tertiary alicyclic amines) is 1. The van der Waals surface area contributed by atoms with Crippen molar-refractivity contribution in [2.24, 2.45) is 5.73 Å². The Morgan fingerprint density at radius 1 is 1.19 bits per heavy atom. The van der Waals surface area contributed by atoms with Crippen molar-refractivity contribution in [3.05, 3.63) is 69.3 Å². The van der Waals surface area contributed by atoms with Crippen molar-refractivity contribution in [1.82, 2.24) is 14.5 Å². The molecule has 1 aliphatic heterocycles. The fourth-order valence-electron chi connectivity index (χ4n) is 4.61. The van der Waals surface area contributed by atoms with Gasteiger partial charge in [-0.25, -0.2) is 4.98 Å². The van der Waals surface area contributed by atoms with Gasteiger partial charge in [0.1, 0.15) is 39.9 Å². The van der Waals surface area contributed by atoms with E-state index >= 15 is 0 Å². The molecule has 2 aromatic heterocycles. The van der Waals surface area contributed by atoms with E-state index in [9.17, 15) is 4.79 Å². The Bertz CT molecular complexity index is 1430. The molecule has 5 rings (SSSR count). The molecule has 0 bridgehead atoms. The number of fused-ring (bicyclic) bond motifs is 1. The van der Waals surface area contributed by atoms with Gasteiger partial charge in [0.05, 0.1) is 16.1 Å². The van der Waals surface area contributed by atoms with Crippen LogP contribution in [0.2, 0.25) is 10.0 Å². The van der Waals surface area contributed by atoms with E-state index in [1.807, 2.05) is 35.8 Å². The minimum Gasteiger partial charge on any atom is -0.489 e. The van der Waals surface area contributed by atoms with Gasteiger partial charge >= 0.3 is 0 Å². The number of hydrogen-bond donors (Lipinski definition) is 1. The second kappa shape index (κ2) is 10.9. The number of thiophene rings is 1. The van der Waals surface area contributed by atoms with E-state index in [1.165, 1.54) is 11.3 Å². The van der Waals surface area contributed by atoms with Crippen LogP contribution in [0.1, 0.15) is 48.0 Å². The highest BCUT2D eigenvalue weighted by Gasteiger charge is 2.24. The van der Waals surface area contributed by atoms with Crippen LogP contribution in [0.15, 0.2) is 48.8 Å². The standard InChI is InChI=1S/C27H28Cl2N4O3S/c1-3-32-11-9-18(10-12-32)36-22-6-4-5-19(25(22)29)16(2)35-23-14-24(37-26(23)27(30)34)33-15-31-20-13-17(28)7-8-21(20)33/h4-8,13-16,18H,3,9-12H2,1-2H3,(H2,30,34). The van der Waals surface area contributed by atoms with E-state index < -0.39 is 12.0 Å². The zero-order valence-corrected chi connectivity index (χ0v) is 22.9. The first-order chi connectivity index (χ1) is 17.8. The number of aromatic nitrogens is 2. The number of amides is 1. The van der Waals surface area contributed by atoms with E-state index in [1.54, 1.807) is 24.5 Å². The number of rotatable bonds is 8. The van der Waals surface area contributed by atoms with Gasteiger partial charge in [-0.2, -0.15) is 0 Å². The van der Waals surface area contributed by atoms with Gasteiger partial charge in [0, 0.05) is 29.7 Å². The van der Waals surface area contributed by atoms with Gasteiger partial charge < -0.3 is 20.1 Å². The summed E-state index contributed by atoms with van der Waals surface area (Å²) < 4.78 is 14.4. The number of primary amides is 1. The van der Waals surface area contributed by atoms with E-state index in [2.05, 4.69) is 16.8 Å². The molecule has 1 atom stereocenters. The maximum Gasteiger partial charge on any atom is 0.262 e. The first-order valence-electron chi connectivity index (χ1n) is 12.2. The Hall–Kier alpha value is -2.78. The SMILES string of the molecule is CCN1CCC(Oc2cccc(C(C)Oc3cc(-n4cnc5cc(Cl)ccc54)sc3C(N)=O)c2Cl)CC1. The smallest absolute Gasteiger partial charge is 0.262 e. The van der Waals surface area contributed by atoms with Crippen molar-refractivity contribution in [3.8, 4) is 16.5 Å². The number of halogens is 2. The van der Waals surface area contributed by atoms with Crippen LogP contribution >= 0.6 is 34.5 Å². The molecule has 0 spiro atoms. The molecule has 4 aromatic rings. The molecule has 1 aliphatic rings. The monoisotopic (exact) mass is 558 g/mol. The second-order valence-corrected chi connectivity index (χ2v) is 10.9.